The van der Waals surface area contributed by atoms with E-state index in [1.165, 1.54) is 10.4 Å². The summed E-state index contributed by atoms with van der Waals surface area (Å²) in [5, 5.41) is 1.08. The zero-order chi connectivity index (χ0) is 19.9. The molecule has 1 amide bonds. The molecule has 1 aliphatic carbocycles. The van der Waals surface area contributed by atoms with Crippen molar-refractivity contribution in [3.05, 3.63) is 29.3 Å². The molecule has 28 heavy (non-hydrogen) atoms. The number of carbonyl (C=O) groups is 1. The number of sulfonamides is 1. The van der Waals surface area contributed by atoms with Crippen LogP contribution in [0.5, 0.6) is 0 Å². The van der Waals surface area contributed by atoms with Crippen LogP contribution in [0.1, 0.15) is 25.7 Å². The molecule has 9 heteroatoms. The van der Waals surface area contributed by atoms with Gasteiger partial charge in [0.2, 0.25) is 11.0 Å². The van der Waals surface area contributed by atoms with E-state index in [0.717, 1.165) is 25.7 Å². The van der Waals surface area contributed by atoms with Gasteiger partial charge < -0.3 is 15.1 Å². The second kappa shape index (κ2) is 7.67. The van der Waals surface area contributed by atoms with Gasteiger partial charge in [-0.25, -0.2) is 8.42 Å². The molecule has 0 atom stereocenters. The van der Waals surface area contributed by atoms with Crippen molar-refractivity contribution in [2.45, 2.75) is 36.8 Å². The molecule has 0 radical (unpaired) electrons. The Bertz CT molecular complexity index is 974. The third kappa shape index (κ3) is 3.78. The number of hydrogen-bond donors (Lipinski definition) is 1. The maximum atomic E-state index is 12.9. The second-order valence-corrected chi connectivity index (χ2v) is 9.89. The van der Waals surface area contributed by atoms with Crippen LogP contribution in [-0.4, -0.2) is 55.8 Å². The highest BCUT2D eigenvalue weighted by atomic mass is 35.5. The molecule has 0 spiro atoms. The van der Waals surface area contributed by atoms with Crippen LogP contribution < -0.4 is 5.73 Å². The Labute approximate surface area is 169 Å². The van der Waals surface area contributed by atoms with E-state index < -0.39 is 10.0 Å². The third-order valence-electron chi connectivity index (χ3n) is 5.72. The van der Waals surface area contributed by atoms with Gasteiger partial charge in [-0.1, -0.05) is 11.6 Å². The van der Waals surface area contributed by atoms with Crippen molar-refractivity contribution < 1.29 is 17.6 Å². The summed E-state index contributed by atoms with van der Waals surface area (Å²) >= 11 is 5.96. The van der Waals surface area contributed by atoms with Gasteiger partial charge >= 0.3 is 0 Å². The molecule has 4 rings (SSSR count). The van der Waals surface area contributed by atoms with Gasteiger partial charge in [0.25, 0.3) is 10.0 Å². The second-order valence-electron chi connectivity index (χ2n) is 7.59. The molecule has 2 aliphatic rings. The largest absolute Gasteiger partial charge is 0.443 e. The van der Waals surface area contributed by atoms with Crippen molar-refractivity contribution in [1.29, 1.82) is 0 Å². The first-order valence-corrected chi connectivity index (χ1v) is 11.4. The minimum absolute atomic E-state index is 0.0167. The maximum absolute atomic E-state index is 12.9. The number of furan rings is 1. The number of halogens is 1. The molecule has 1 saturated heterocycles. The van der Waals surface area contributed by atoms with Crippen LogP contribution in [0.25, 0.3) is 11.0 Å². The summed E-state index contributed by atoms with van der Waals surface area (Å²) in [4.78, 5) is 14.5. The Kier molecular flexibility index (Phi) is 5.39. The lowest BCUT2D eigenvalue weighted by molar-refractivity contribution is -0.137. The summed E-state index contributed by atoms with van der Waals surface area (Å²) in [6, 6.07) is 6.69. The van der Waals surface area contributed by atoms with Gasteiger partial charge in [0, 0.05) is 54.6 Å². The van der Waals surface area contributed by atoms with Crippen molar-refractivity contribution in [2.24, 2.45) is 11.7 Å². The highest BCUT2D eigenvalue weighted by molar-refractivity contribution is 7.89. The molecule has 2 N–H and O–H groups in total. The van der Waals surface area contributed by atoms with E-state index in [0.29, 0.717) is 29.1 Å². The zero-order valence-corrected chi connectivity index (χ0v) is 17.1. The first-order valence-electron chi connectivity index (χ1n) is 9.58. The van der Waals surface area contributed by atoms with E-state index in [9.17, 15) is 13.2 Å². The van der Waals surface area contributed by atoms with Gasteiger partial charge in [0.15, 0.2) is 0 Å². The smallest absolute Gasteiger partial charge is 0.276 e. The summed E-state index contributed by atoms with van der Waals surface area (Å²) in [5.74, 6) is 0.144. The maximum Gasteiger partial charge on any atom is 0.276 e. The molecule has 152 valence electrons. The SMILES string of the molecule is NC1CCC(C(=O)N2CCN(S(=O)(=O)c3cc4cc(Cl)ccc4o3)CC2)CC1. The number of piperazine rings is 1. The van der Waals surface area contributed by atoms with E-state index in [1.54, 1.807) is 23.1 Å². The highest BCUT2D eigenvalue weighted by Gasteiger charge is 2.35. The fourth-order valence-electron chi connectivity index (χ4n) is 4.02. The van der Waals surface area contributed by atoms with Crippen LogP contribution in [0, 0.1) is 5.92 Å². The van der Waals surface area contributed by atoms with Crippen molar-refractivity contribution in [2.75, 3.05) is 26.2 Å². The molecule has 0 bridgehead atoms. The third-order valence-corrected chi connectivity index (χ3v) is 7.71. The average molecular weight is 426 g/mol. The van der Waals surface area contributed by atoms with Gasteiger partial charge in [0.05, 0.1) is 0 Å². The number of hydrogen-bond acceptors (Lipinski definition) is 5. The number of rotatable bonds is 3. The molecule has 2 heterocycles. The lowest BCUT2D eigenvalue weighted by Crippen LogP contribution is -2.52. The van der Waals surface area contributed by atoms with Crippen LogP contribution in [0.2, 0.25) is 5.02 Å². The van der Waals surface area contributed by atoms with E-state index in [1.807, 2.05) is 0 Å². The molecule has 1 saturated carbocycles. The van der Waals surface area contributed by atoms with Crippen molar-refractivity contribution in [3.63, 3.8) is 0 Å². The number of carbonyl (C=O) groups excluding carboxylic acids is 1. The highest BCUT2D eigenvalue weighted by Crippen LogP contribution is 2.29. The van der Waals surface area contributed by atoms with Crippen LogP contribution in [-0.2, 0) is 14.8 Å². The fraction of sp³-hybridized carbons (Fsp3) is 0.526. The quantitative estimate of drug-likeness (QED) is 0.814. The van der Waals surface area contributed by atoms with Crippen LogP contribution >= 0.6 is 11.6 Å². The number of benzene rings is 1. The van der Waals surface area contributed by atoms with Crippen LogP contribution in [0.15, 0.2) is 33.8 Å². The Morgan fingerprint density at radius 2 is 1.75 bits per heavy atom. The Morgan fingerprint density at radius 1 is 1.07 bits per heavy atom. The Hall–Kier alpha value is -1.61. The van der Waals surface area contributed by atoms with Crippen LogP contribution in [0.4, 0.5) is 0 Å². The standard InChI is InChI=1S/C19H24ClN3O4S/c20-15-3-6-17-14(11-15)12-18(27-17)28(25,26)23-9-7-22(8-10-23)19(24)13-1-4-16(21)5-2-13/h3,6,11-13,16H,1-2,4-5,7-10,21H2. The first kappa shape index (κ1) is 19.7. The molecule has 7 nitrogen and oxygen atoms in total. The Morgan fingerprint density at radius 3 is 2.43 bits per heavy atom. The minimum atomic E-state index is -3.75. The topological polar surface area (TPSA) is 96.9 Å². The Balaban J connectivity index is 1.42. The zero-order valence-electron chi connectivity index (χ0n) is 15.5. The van der Waals surface area contributed by atoms with Crippen molar-refractivity contribution >= 4 is 38.5 Å². The first-order chi connectivity index (χ1) is 13.3. The fourth-order valence-corrected chi connectivity index (χ4v) is 5.57. The minimum Gasteiger partial charge on any atom is -0.443 e. The van der Waals surface area contributed by atoms with Crippen LogP contribution in [0.3, 0.4) is 0 Å². The number of nitrogens with two attached hydrogens (primary N) is 1. The normalized spacial score (nSPS) is 24.6. The molecule has 2 fully saturated rings. The van der Waals surface area contributed by atoms with Crippen molar-refractivity contribution in [3.8, 4) is 0 Å². The summed E-state index contributed by atoms with van der Waals surface area (Å²) < 4.78 is 32.8. The lowest BCUT2D eigenvalue weighted by Gasteiger charge is -2.36. The van der Waals surface area contributed by atoms with E-state index in [2.05, 4.69) is 0 Å². The van der Waals surface area contributed by atoms with E-state index in [-0.39, 0.29) is 36.0 Å². The molecular weight excluding hydrogens is 402 g/mol. The molecule has 1 aromatic heterocycles. The number of fused-ring (bicyclic) bond motifs is 1. The van der Waals surface area contributed by atoms with Gasteiger partial charge in [-0.2, -0.15) is 4.31 Å². The molecule has 1 aromatic carbocycles. The predicted octanol–water partition coefficient (Wildman–Crippen LogP) is 2.44. The molecule has 2 aromatic rings. The van der Waals surface area contributed by atoms with Crippen molar-refractivity contribution in [1.82, 2.24) is 9.21 Å². The average Bonchev–Trinajstić information content (AvgIpc) is 3.12. The molecule has 1 aliphatic heterocycles. The lowest BCUT2D eigenvalue weighted by atomic mass is 9.85. The van der Waals surface area contributed by atoms with E-state index in [4.69, 9.17) is 21.8 Å². The summed E-state index contributed by atoms with van der Waals surface area (Å²) in [7, 11) is -3.75. The number of nitrogens with zero attached hydrogens (tertiary/aromatic N) is 2. The van der Waals surface area contributed by atoms with Gasteiger partial charge in [-0.15, -0.1) is 0 Å². The monoisotopic (exact) mass is 425 g/mol. The number of amides is 1. The van der Waals surface area contributed by atoms with Gasteiger partial charge in [-0.3, -0.25) is 4.79 Å². The summed E-state index contributed by atoms with van der Waals surface area (Å²) in [6.07, 6.45) is 3.39. The van der Waals surface area contributed by atoms with Gasteiger partial charge in [-0.05, 0) is 43.9 Å². The van der Waals surface area contributed by atoms with E-state index >= 15 is 0 Å². The van der Waals surface area contributed by atoms with Gasteiger partial charge in [0.1, 0.15) is 5.58 Å². The molecule has 0 unspecified atom stereocenters. The molecular formula is C19H24ClN3O4S. The summed E-state index contributed by atoms with van der Waals surface area (Å²) in [5.41, 5.74) is 6.40. The predicted molar refractivity (Wildman–Crippen MR) is 106 cm³/mol. The summed E-state index contributed by atoms with van der Waals surface area (Å²) in [6.45, 7) is 1.32.